The Labute approximate surface area is 127 Å². The summed E-state index contributed by atoms with van der Waals surface area (Å²) < 4.78 is 13.4. The number of carbonyl (C=O) groups is 1. The molecule has 0 radical (unpaired) electrons. The van der Waals surface area contributed by atoms with Crippen molar-refractivity contribution in [3.63, 3.8) is 0 Å². The third-order valence-electron chi connectivity index (χ3n) is 3.31. The van der Waals surface area contributed by atoms with E-state index in [2.05, 4.69) is 6.92 Å². The van der Waals surface area contributed by atoms with Gasteiger partial charge >= 0.3 is 5.97 Å². The van der Waals surface area contributed by atoms with E-state index in [9.17, 15) is 9.18 Å². The lowest BCUT2D eigenvalue weighted by Gasteiger charge is -2.28. The van der Waals surface area contributed by atoms with Gasteiger partial charge in [-0.15, -0.1) is 11.3 Å². The van der Waals surface area contributed by atoms with Crippen LogP contribution in [0.3, 0.4) is 0 Å². The van der Waals surface area contributed by atoms with E-state index in [1.165, 1.54) is 23.1 Å². The normalized spacial score (nSPS) is 12.5. The molecule has 0 aliphatic heterocycles. The third kappa shape index (κ3) is 3.70. The number of rotatable bonds is 5. The highest BCUT2D eigenvalue weighted by Crippen LogP contribution is 2.31. The number of aliphatic carboxylic acids is 1. The molecule has 0 aliphatic rings. The van der Waals surface area contributed by atoms with E-state index in [1.807, 2.05) is 29.5 Å². The van der Waals surface area contributed by atoms with Gasteiger partial charge in [-0.3, -0.25) is 0 Å². The highest BCUT2D eigenvalue weighted by molar-refractivity contribution is 7.10. The molecule has 1 aromatic heterocycles. The maximum absolute atomic E-state index is 13.4. The molecule has 1 heterocycles. The molecule has 21 heavy (non-hydrogen) atoms. The van der Waals surface area contributed by atoms with Crippen LogP contribution in [-0.4, -0.2) is 18.1 Å². The van der Waals surface area contributed by atoms with Crippen molar-refractivity contribution in [2.24, 2.45) is 0 Å². The summed E-state index contributed by atoms with van der Waals surface area (Å²) in [4.78, 5) is 13.9. The van der Waals surface area contributed by atoms with Crippen LogP contribution >= 0.6 is 11.3 Å². The zero-order valence-corrected chi connectivity index (χ0v) is 12.6. The van der Waals surface area contributed by atoms with Crippen LogP contribution in [0.25, 0.3) is 6.08 Å². The second kappa shape index (κ2) is 6.54. The van der Waals surface area contributed by atoms with E-state index >= 15 is 0 Å². The van der Waals surface area contributed by atoms with Gasteiger partial charge in [0.05, 0.1) is 6.04 Å². The van der Waals surface area contributed by atoms with Crippen molar-refractivity contribution in [1.29, 1.82) is 0 Å². The fraction of sp³-hybridized carbons (Fsp3) is 0.188. The Kier molecular flexibility index (Phi) is 4.75. The highest BCUT2D eigenvalue weighted by Gasteiger charge is 2.15. The second-order valence-corrected chi connectivity index (χ2v) is 5.66. The van der Waals surface area contributed by atoms with Crippen molar-refractivity contribution in [2.45, 2.75) is 13.0 Å². The molecule has 0 bridgehead atoms. The van der Waals surface area contributed by atoms with Crippen LogP contribution in [-0.2, 0) is 4.79 Å². The van der Waals surface area contributed by atoms with Crippen molar-refractivity contribution in [1.82, 2.24) is 0 Å². The molecule has 0 spiro atoms. The summed E-state index contributed by atoms with van der Waals surface area (Å²) in [6, 6.07) is 8.54. The Morgan fingerprint density at radius 1 is 1.43 bits per heavy atom. The molecule has 1 unspecified atom stereocenters. The van der Waals surface area contributed by atoms with Crippen molar-refractivity contribution < 1.29 is 14.3 Å². The lowest BCUT2D eigenvalue weighted by Crippen LogP contribution is -2.21. The molecule has 0 fully saturated rings. The van der Waals surface area contributed by atoms with Crippen molar-refractivity contribution in [2.75, 3.05) is 11.9 Å². The fourth-order valence-electron chi connectivity index (χ4n) is 2.07. The molecule has 2 rings (SSSR count). The van der Waals surface area contributed by atoms with Crippen LogP contribution in [0.1, 0.15) is 23.4 Å². The summed E-state index contributed by atoms with van der Waals surface area (Å²) in [7, 11) is 1.91. The monoisotopic (exact) mass is 305 g/mol. The van der Waals surface area contributed by atoms with Crippen molar-refractivity contribution >= 4 is 29.1 Å². The summed E-state index contributed by atoms with van der Waals surface area (Å²) in [5, 5.41) is 10.8. The van der Waals surface area contributed by atoms with Gasteiger partial charge in [-0.1, -0.05) is 6.07 Å². The van der Waals surface area contributed by atoms with Gasteiger partial charge in [0.2, 0.25) is 0 Å². The summed E-state index contributed by atoms with van der Waals surface area (Å²) in [5.41, 5.74) is 1.33. The molecule has 1 N–H and O–H groups in total. The van der Waals surface area contributed by atoms with Crippen LogP contribution in [0.2, 0.25) is 0 Å². The lowest BCUT2D eigenvalue weighted by molar-refractivity contribution is -0.131. The molecule has 0 saturated heterocycles. The first-order valence-electron chi connectivity index (χ1n) is 6.46. The molecule has 2 aromatic rings. The Bertz CT molecular complexity index is 652. The van der Waals surface area contributed by atoms with Gasteiger partial charge in [0.15, 0.2) is 0 Å². The van der Waals surface area contributed by atoms with Crippen LogP contribution in [0, 0.1) is 5.82 Å². The van der Waals surface area contributed by atoms with Gasteiger partial charge in [-0.2, -0.15) is 0 Å². The topological polar surface area (TPSA) is 40.5 Å². The van der Waals surface area contributed by atoms with Gasteiger partial charge in [0, 0.05) is 29.3 Å². The Morgan fingerprint density at radius 2 is 2.19 bits per heavy atom. The van der Waals surface area contributed by atoms with E-state index in [0.717, 1.165) is 11.8 Å². The first kappa shape index (κ1) is 15.3. The number of thiophene rings is 1. The maximum atomic E-state index is 13.4. The minimum atomic E-state index is -1.06. The fourth-order valence-corrected chi connectivity index (χ4v) is 2.90. The van der Waals surface area contributed by atoms with E-state index in [1.54, 1.807) is 17.4 Å². The van der Waals surface area contributed by atoms with Crippen molar-refractivity contribution in [3.8, 4) is 0 Å². The average molecular weight is 305 g/mol. The zero-order valence-electron chi connectivity index (χ0n) is 11.8. The number of hydrogen-bond donors (Lipinski definition) is 1. The molecule has 1 atom stereocenters. The largest absolute Gasteiger partial charge is 0.478 e. The molecule has 1 aromatic carbocycles. The maximum Gasteiger partial charge on any atom is 0.328 e. The van der Waals surface area contributed by atoms with E-state index in [0.29, 0.717) is 5.56 Å². The van der Waals surface area contributed by atoms with Crippen LogP contribution in [0.5, 0.6) is 0 Å². The summed E-state index contributed by atoms with van der Waals surface area (Å²) in [6.45, 7) is 2.06. The highest BCUT2D eigenvalue weighted by atomic mass is 32.1. The number of hydrogen-bond acceptors (Lipinski definition) is 3. The molecule has 5 heteroatoms. The van der Waals surface area contributed by atoms with E-state index in [4.69, 9.17) is 5.11 Å². The number of carboxylic acids is 1. The summed E-state index contributed by atoms with van der Waals surface area (Å²) >= 11 is 1.65. The van der Waals surface area contributed by atoms with Crippen LogP contribution in [0.15, 0.2) is 41.8 Å². The quantitative estimate of drug-likeness (QED) is 0.842. The average Bonchev–Trinajstić information content (AvgIpc) is 2.97. The van der Waals surface area contributed by atoms with Gasteiger partial charge < -0.3 is 10.0 Å². The number of halogens is 1. The minimum absolute atomic E-state index is 0.118. The lowest BCUT2D eigenvalue weighted by atomic mass is 10.1. The molecule has 0 aliphatic carbocycles. The van der Waals surface area contributed by atoms with Gasteiger partial charge in [-0.25, -0.2) is 9.18 Å². The van der Waals surface area contributed by atoms with Crippen LogP contribution < -0.4 is 4.90 Å². The van der Waals surface area contributed by atoms with E-state index < -0.39 is 5.97 Å². The number of nitrogens with zero attached hydrogens (tertiary/aromatic N) is 1. The Balaban J connectivity index is 2.36. The number of anilines is 1. The van der Waals surface area contributed by atoms with E-state index in [-0.39, 0.29) is 11.9 Å². The predicted molar refractivity (Wildman–Crippen MR) is 84.2 cm³/mol. The van der Waals surface area contributed by atoms with Crippen LogP contribution in [0.4, 0.5) is 10.1 Å². The second-order valence-electron chi connectivity index (χ2n) is 4.68. The molecule has 0 saturated carbocycles. The Hall–Kier alpha value is -2.14. The standard InChI is InChI=1S/C16H16FNO2S/c1-11(15-4-3-9-21-15)18(2)14-7-6-13(17)10-12(14)5-8-16(19)20/h3-11H,1-2H3,(H,19,20). The number of carboxylic acid groups (broad SMARTS) is 1. The first-order valence-corrected chi connectivity index (χ1v) is 7.34. The Morgan fingerprint density at radius 3 is 2.81 bits per heavy atom. The predicted octanol–water partition coefficient (Wildman–Crippen LogP) is 4.18. The summed E-state index contributed by atoms with van der Waals surface area (Å²) in [5.74, 6) is -1.44. The SMILES string of the molecule is CC(c1cccs1)N(C)c1ccc(F)cc1C=CC(=O)O. The molecule has 3 nitrogen and oxygen atoms in total. The molecular formula is C16H16FNO2S. The molecule has 0 amide bonds. The third-order valence-corrected chi connectivity index (χ3v) is 4.35. The minimum Gasteiger partial charge on any atom is -0.478 e. The summed E-state index contributed by atoms with van der Waals surface area (Å²) in [6.07, 6.45) is 2.43. The zero-order chi connectivity index (χ0) is 15.4. The van der Waals surface area contributed by atoms with Crippen molar-refractivity contribution in [3.05, 3.63) is 58.0 Å². The number of benzene rings is 1. The van der Waals surface area contributed by atoms with Gasteiger partial charge in [0.25, 0.3) is 0 Å². The van der Waals surface area contributed by atoms with Gasteiger partial charge in [0.1, 0.15) is 5.82 Å². The first-order chi connectivity index (χ1) is 9.99. The smallest absolute Gasteiger partial charge is 0.328 e. The van der Waals surface area contributed by atoms with Gasteiger partial charge in [-0.05, 0) is 42.6 Å². The molecular weight excluding hydrogens is 289 g/mol. The molecule has 110 valence electrons.